The summed E-state index contributed by atoms with van der Waals surface area (Å²) in [6, 6.07) is 8.57. The minimum atomic E-state index is -0.638. The van der Waals surface area contributed by atoms with Gasteiger partial charge in [0, 0.05) is 5.39 Å². The van der Waals surface area contributed by atoms with Crippen LogP contribution in [0.15, 0.2) is 35.4 Å². The molecule has 114 valence electrons. The molecule has 0 saturated heterocycles. The fourth-order valence-electron chi connectivity index (χ4n) is 2.04. The monoisotopic (exact) mass is 301 g/mol. The summed E-state index contributed by atoms with van der Waals surface area (Å²) < 4.78 is 9.31. The number of rotatable bonds is 3. The molecule has 0 aromatic heterocycles. The number of carbonyl (C=O) groups is 2. The zero-order valence-electron chi connectivity index (χ0n) is 12.1. The highest BCUT2D eigenvalue weighted by molar-refractivity contribution is 6.06. The third kappa shape index (κ3) is 3.14. The first-order chi connectivity index (χ1) is 10.6. The molecule has 0 atom stereocenters. The SMILES string of the molecule is COC(=O)Nc1cc(C(=O)OC)cc2ccc(C=NN)cc12. The lowest BCUT2D eigenvalue weighted by atomic mass is 10.0. The Morgan fingerprint density at radius 1 is 1.18 bits per heavy atom. The molecule has 0 aliphatic rings. The van der Waals surface area contributed by atoms with E-state index in [1.165, 1.54) is 26.5 Å². The van der Waals surface area contributed by atoms with Crippen molar-refractivity contribution in [2.45, 2.75) is 0 Å². The number of nitrogens with two attached hydrogens (primary N) is 1. The molecular weight excluding hydrogens is 286 g/mol. The highest BCUT2D eigenvalue weighted by atomic mass is 16.5. The van der Waals surface area contributed by atoms with Crippen LogP contribution in [0.25, 0.3) is 10.8 Å². The van der Waals surface area contributed by atoms with Crippen LogP contribution in [-0.4, -0.2) is 32.5 Å². The van der Waals surface area contributed by atoms with E-state index in [0.29, 0.717) is 11.3 Å². The lowest BCUT2D eigenvalue weighted by molar-refractivity contribution is 0.0601. The van der Waals surface area contributed by atoms with Crippen molar-refractivity contribution >= 4 is 34.7 Å². The molecule has 0 radical (unpaired) electrons. The van der Waals surface area contributed by atoms with Gasteiger partial charge in [-0.3, -0.25) is 5.32 Å². The normalized spacial score (nSPS) is 10.6. The maximum absolute atomic E-state index is 11.7. The zero-order valence-corrected chi connectivity index (χ0v) is 12.1. The summed E-state index contributed by atoms with van der Waals surface area (Å²) in [4.78, 5) is 23.2. The number of nitrogens with zero attached hydrogens (tertiary/aromatic N) is 1. The maximum atomic E-state index is 11.7. The maximum Gasteiger partial charge on any atom is 0.411 e. The van der Waals surface area contributed by atoms with Crippen LogP contribution in [0.3, 0.4) is 0 Å². The molecule has 3 N–H and O–H groups in total. The molecule has 0 saturated carbocycles. The summed E-state index contributed by atoms with van der Waals surface area (Å²) in [5.74, 6) is 4.65. The summed E-state index contributed by atoms with van der Waals surface area (Å²) in [7, 11) is 2.55. The van der Waals surface area contributed by atoms with Gasteiger partial charge in [-0.25, -0.2) is 9.59 Å². The van der Waals surface area contributed by atoms with Crippen LogP contribution in [0.2, 0.25) is 0 Å². The first-order valence-electron chi connectivity index (χ1n) is 6.33. The first kappa shape index (κ1) is 15.3. The van der Waals surface area contributed by atoms with Gasteiger partial charge in [0.05, 0.1) is 31.7 Å². The summed E-state index contributed by atoms with van der Waals surface area (Å²) in [6.45, 7) is 0. The second-order valence-corrected chi connectivity index (χ2v) is 4.39. The van der Waals surface area contributed by atoms with Gasteiger partial charge < -0.3 is 15.3 Å². The van der Waals surface area contributed by atoms with Crippen molar-refractivity contribution in [1.82, 2.24) is 0 Å². The van der Waals surface area contributed by atoms with Crippen LogP contribution < -0.4 is 11.2 Å². The Labute approximate surface area is 126 Å². The number of fused-ring (bicyclic) bond motifs is 1. The minimum absolute atomic E-state index is 0.321. The molecule has 2 aromatic carbocycles. The fraction of sp³-hybridized carbons (Fsp3) is 0.133. The van der Waals surface area contributed by atoms with Gasteiger partial charge in [-0.1, -0.05) is 12.1 Å². The number of esters is 1. The van der Waals surface area contributed by atoms with Crippen molar-refractivity contribution in [3.05, 3.63) is 41.5 Å². The van der Waals surface area contributed by atoms with Crippen molar-refractivity contribution in [3.63, 3.8) is 0 Å². The van der Waals surface area contributed by atoms with E-state index in [2.05, 4.69) is 15.2 Å². The Kier molecular flexibility index (Phi) is 4.57. The number of amides is 1. The topological polar surface area (TPSA) is 103 Å². The molecule has 2 rings (SSSR count). The number of hydrogen-bond acceptors (Lipinski definition) is 6. The van der Waals surface area contributed by atoms with Crippen LogP contribution >= 0.6 is 0 Å². The van der Waals surface area contributed by atoms with Gasteiger partial charge >= 0.3 is 12.1 Å². The van der Waals surface area contributed by atoms with E-state index in [1.54, 1.807) is 24.3 Å². The Hall–Kier alpha value is -3.09. The third-order valence-corrected chi connectivity index (χ3v) is 3.05. The molecule has 2 aromatic rings. The van der Waals surface area contributed by atoms with Gasteiger partial charge in [0.25, 0.3) is 0 Å². The van der Waals surface area contributed by atoms with Crippen molar-refractivity contribution in [2.24, 2.45) is 10.9 Å². The standard InChI is InChI=1S/C15H15N3O4/c1-21-14(19)11-6-10-4-3-9(8-17-16)5-12(10)13(7-11)18-15(20)22-2/h3-8H,16H2,1-2H3,(H,18,20). The predicted octanol–water partition coefficient (Wildman–Crippen LogP) is 2.10. The van der Waals surface area contributed by atoms with Gasteiger partial charge in [0.15, 0.2) is 0 Å². The van der Waals surface area contributed by atoms with Gasteiger partial charge in [0.2, 0.25) is 0 Å². The largest absolute Gasteiger partial charge is 0.465 e. The van der Waals surface area contributed by atoms with E-state index < -0.39 is 12.1 Å². The molecule has 22 heavy (non-hydrogen) atoms. The van der Waals surface area contributed by atoms with Gasteiger partial charge in [-0.2, -0.15) is 5.10 Å². The van der Waals surface area contributed by atoms with E-state index in [4.69, 9.17) is 10.6 Å². The molecule has 0 aliphatic heterocycles. The summed E-state index contributed by atoms with van der Waals surface area (Å²) >= 11 is 0. The van der Waals surface area contributed by atoms with E-state index in [9.17, 15) is 9.59 Å². The fourth-order valence-corrected chi connectivity index (χ4v) is 2.04. The van der Waals surface area contributed by atoms with E-state index in [-0.39, 0.29) is 0 Å². The minimum Gasteiger partial charge on any atom is -0.465 e. The molecule has 0 fully saturated rings. The van der Waals surface area contributed by atoms with Crippen molar-refractivity contribution < 1.29 is 19.1 Å². The van der Waals surface area contributed by atoms with Gasteiger partial charge in [-0.15, -0.1) is 0 Å². The predicted molar refractivity (Wildman–Crippen MR) is 83.1 cm³/mol. The molecule has 1 amide bonds. The van der Waals surface area contributed by atoms with Crippen LogP contribution in [0, 0.1) is 0 Å². The molecular formula is C15H15N3O4. The number of nitrogens with one attached hydrogen (secondary N) is 1. The van der Waals surface area contributed by atoms with E-state index in [0.717, 1.165) is 16.3 Å². The molecule has 0 spiro atoms. The quantitative estimate of drug-likeness (QED) is 0.391. The highest BCUT2D eigenvalue weighted by Gasteiger charge is 2.13. The Balaban J connectivity index is 2.64. The van der Waals surface area contributed by atoms with Crippen LogP contribution in [0.4, 0.5) is 10.5 Å². The summed E-state index contributed by atoms with van der Waals surface area (Å²) in [5, 5.41) is 7.52. The molecule has 0 aliphatic carbocycles. The molecule has 7 nitrogen and oxygen atoms in total. The number of benzene rings is 2. The zero-order chi connectivity index (χ0) is 16.1. The van der Waals surface area contributed by atoms with E-state index >= 15 is 0 Å². The third-order valence-electron chi connectivity index (χ3n) is 3.05. The van der Waals surface area contributed by atoms with Crippen molar-refractivity contribution in [2.75, 3.05) is 19.5 Å². The summed E-state index contributed by atoms with van der Waals surface area (Å²) in [5.41, 5.74) is 1.51. The van der Waals surface area contributed by atoms with Crippen molar-refractivity contribution in [1.29, 1.82) is 0 Å². The first-order valence-corrected chi connectivity index (χ1v) is 6.33. The van der Waals surface area contributed by atoms with E-state index in [1.807, 2.05) is 0 Å². The number of methoxy groups -OCH3 is 2. The average Bonchev–Trinajstić information content (AvgIpc) is 2.54. The van der Waals surface area contributed by atoms with Gasteiger partial charge in [0.1, 0.15) is 0 Å². The number of carbonyl (C=O) groups excluding carboxylic acids is 2. The van der Waals surface area contributed by atoms with Crippen LogP contribution in [-0.2, 0) is 9.47 Å². The van der Waals surface area contributed by atoms with Gasteiger partial charge in [-0.05, 0) is 29.1 Å². The lowest BCUT2D eigenvalue weighted by Crippen LogP contribution is -2.12. The Morgan fingerprint density at radius 2 is 1.95 bits per heavy atom. The number of anilines is 1. The Bertz CT molecular complexity index is 756. The van der Waals surface area contributed by atoms with Crippen LogP contribution in [0.1, 0.15) is 15.9 Å². The number of ether oxygens (including phenoxy) is 2. The smallest absolute Gasteiger partial charge is 0.411 e. The summed E-state index contributed by atoms with van der Waals surface area (Å²) in [6.07, 6.45) is 0.844. The van der Waals surface area contributed by atoms with Crippen LogP contribution in [0.5, 0.6) is 0 Å². The highest BCUT2D eigenvalue weighted by Crippen LogP contribution is 2.27. The molecule has 0 bridgehead atoms. The second-order valence-electron chi connectivity index (χ2n) is 4.39. The molecule has 0 unspecified atom stereocenters. The molecule has 7 heteroatoms. The number of hydrazone groups is 1. The van der Waals surface area contributed by atoms with Crippen molar-refractivity contribution in [3.8, 4) is 0 Å². The second kappa shape index (κ2) is 6.57. The average molecular weight is 301 g/mol. The number of hydrogen-bond donors (Lipinski definition) is 2. The molecule has 0 heterocycles. The lowest BCUT2D eigenvalue weighted by Gasteiger charge is -2.11. The Morgan fingerprint density at radius 3 is 2.59 bits per heavy atom.